The smallest absolute Gasteiger partial charge is 0.134 e. The molecule has 118 valence electrons. The molecule has 0 saturated carbocycles. The van der Waals surface area contributed by atoms with Crippen molar-refractivity contribution in [2.24, 2.45) is 0 Å². The van der Waals surface area contributed by atoms with Crippen molar-refractivity contribution in [2.75, 3.05) is 33.3 Å². The fourth-order valence-corrected chi connectivity index (χ4v) is 3.55. The number of hydrogen-bond acceptors (Lipinski definition) is 4. The third-order valence-corrected chi connectivity index (χ3v) is 4.64. The van der Waals surface area contributed by atoms with E-state index in [-0.39, 0.29) is 11.3 Å². The average molecular weight is 324 g/mol. The highest BCUT2D eigenvalue weighted by Crippen LogP contribution is 2.35. The van der Waals surface area contributed by atoms with Crippen LogP contribution in [0.25, 0.3) is 0 Å². The van der Waals surface area contributed by atoms with Crippen LogP contribution >= 0.6 is 11.3 Å². The van der Waals surface area contributed by atoms with Crippen molar-refractivity contribution in [3.05, 3.63) is 51.7 Å². The molecule has 1 aromatic heterocycles. The Balaban J connectivity index is 2.06. The van der Waals surface area contributed by atoms with Crippen LogP contribution in [0.4, 0.5) is 8.78 Å². The van der Waals surface area contributed by atoms with Crippen LogP contribution in [-0.4, -0.2) is 38.2 Å². The summed E-state index contributed by atoms with van der Waals surface area (Å²) in [4.78, 5) is 2.12. The van der Waals surface area contributed by atoms with E-state index in [4.69, 9.17) is 4.74 Å². The molecular weight excluding hydrogens is 306 g/mol. The van der Waals surface area contributed by atoms with Gasteiger partial charge >= 0.3 is 0 Å². The van der Waals surface area contributed by atoms with Gasteiger partial charge in [-0.25, -0.2) is 8.78 Å². The monoisotopic (exact) mass is 324 g/mol. The van der Waals surface area contributed by atoms with Gasteiger partial charge in [-0.1, -0.05) is 0 Å². The van der Waals surface area contributed by atoms with Gasteiger partial charge in [0.05, 0.1) is 13.2 Å². The van der Waals surface area contributed by atoms with Crippen LogP contribution in [0.1, 0.15) is 17.2 Å². The molecule has 1 aliphatic heterocycles. The Morgan fingerprint density at radius 1 is 1.23 bits per heavy atom. The fraction of sp³-hybridized carbons (Fsp3) is 0.375. The molecular formula is C16H18F2N2OS. The van der Waals surface area contributed by atoms with Crippen molar-refractivity contribution in [1.29, 1.82) is 0 Å². The third kappa shape index (κ3) is 2.99. The predicted molar refractivity (Wildman–Crippen MR) is 83.5 cm³/mol. The van der Waals surface area contributed by atoms with E-state index in [1.165, 1.54) is 30.6 Å². The van der Waals surface area contributed by atoms with E-state index in [9.17, 15) is 8.78 Å². The molecule has 1 N–H and O–H groups in total. The summed E-state index contributed by atoms with van der Waals surface area (Å²) in [7, 11) is 1.40. The van der Waals surface area contributed by atoms with Gasteiger partial charge in [-0.3, -0.25) is 4.90 Å². The van der Waals surface area contributed by atoms with Gasteiger partial charge in [-0.05, 0) is 22.4 Å². The third-order valence-electron chi connectivity index (χ3n) is 3.94. The molecule has 3 rings (SSSR count). The zero-order chi connectivity index (χ0) is 15.5. The molecule has 1 fully saturated rings. The van der Waals surface area contributed by atoms with Gasteiger partial charge in [0.1, 0.15) is 17.4 Å². The SMILES string of the molecule is COc1cc(F)c([C@H](c2ccsc2)N2CCNCC2)c(F)c1. The average Bonchev–Trinajstić information content (AvgIpc) is 3.05. The molecule has 1 aromatic carbocycles. The molecule has 1 aliphatic rings. The molecule has 6 heteroatoms. The second kappa shape index (κ2) is 6.73. The molecule has 22 heavy (non-hydrogen) atoms. The molecule has 0 unspecified atom stereocenters. The lowest BCUT2D eigenvalue weighted by atomic mass is 9.97. The number of methoxy groups -OCH3 is 1. The van der Waals surface area contributed by atoms with Crippen molar-refractivity contribution >= 4 is 11.3 Å². The number of nitrogens with zero attached hydrogens (tertiary/aromatic N) is 1. The largest absolute Gasteiger partial charge is 0.497 e. The summed E-state index contributed by atoms with van der Waals surface area (Å²) in [6.45, 7) is 3.15. The zero-order valence-electron chi connectivity index (χ0n) is 12.3. The van der Waals surface area contributed by atoms with Crippen LogP contribution in [0.2, 0.25) is 0 Å². The molecule has 1 saturated heterocycles. The normalized spacial score (nSPS) is 17.4. The lowest BCUT2D eigenvalue weighted by Gasteiger charge is -2.35. The molecule has 0 bridgehead atoms. The molecule has 0 spiro atoms. The van der Waals surface area contributed by atoms with E-state index >= 15 is 0 Å². The highest BCUT2D eigenvalue weighted by molar-refractivity contribution is 7.08. The fourth-order valence-electron chi connectivity index (χ4n) is 2.87. The maximum absolute atomic E-state index is 14.5. The van der Waals surface area contributed by atoms with Crippen LogP contribution in [0.3, 0.4) is 0 Å². The van der Waals surface area contributed by atoms with Gasteiger partial charge in [0.2, 0.25) is 0 Å². The van der Waals surface area contributed by atoms with E-state index in [2.05, 4.69) is 10.2 Å². The number of rotatable bonds is 4. The van der Waals surface area contributed by atoms with E-state index in [1.807, 2.05) is 16.8 Å². The number of ether oxygens (including phenoxy) is 1. The summed E-state index contributed by atoms with van der Waals surface area (Å²) in [6, 6.07) is 4.03. The van der Waals surface area contributed by atoms with Crippen molar-refractivity contribution < 1.29 is 13.5 Å². The molecule has 3 nitrogen and oxygen atoms in total. The Kier molecular flexibility index (Phi) is 4.71. The molecule has 0 amide bonds. The number of halogens is 2. The number of hydrogen-bond donors (Lipinski definition) is 1. The Morgan fingerprint density at radius 2 is 1.91 bits per heavy atom. The van der Waals surface area contributed by atoms with Crippen LogP contribution in [0.5, 0.6) is 5.75 Å². The quantitative estimate of drug-likeness (QED) is 0.936. The van der Waals surface area contributed by atoms with Gasteiger partial charge in [0.15, 0.2) is 0 Å². The van der Waals surface area contributed by atoms with Crippen molar-refractivity contribution in [3.63, 3.8) is 0 Å². The minimum atomic E-state index is -0.563. The van der Waals surface area contributed by atoms with Gasteiger partial charge in [0, 0.05) is 43.9 Å². The summed E-state index contributed by atoms with van der Waals surface area (Å²) >= 11 is 1.53. The Bertz CT molecular complexity index is 604. The van der Waals surface area contributed by atoms with Gasteiger partial charge in [0.25, 0.3) is 0 Å². The summed E-state index contributed by atoms with van der Waals surface area (Å²) in [6.07, 6.45) is 0. The van der Waals surface area contributed by atoms with Gasteiger partial charge in [-0.2, -0.15) is 11.3 Å². The minimum absolute atomic E-state index is 0.0982. The first-order valence-electron chi connectivity index (χ1n) is 7.20. The van der Waals surface area contributed by atoms with Crippen molar-refractivity contribution in [2.45, 2.75) is 6.04 Å². The minimum Gasteiger partial charge on any atom is -0.497 e. The van der Waals surface area contributed by atoms with Crippen LogP contribution in [0, 0.1) is 11.6 Å². The lowest BCUT2D eigenvalue weighted by molar-refractivity contribution is 0.192. The first-order chi connectivity index (χ1) is 10.7. The van der Waals surface area contributed by atoms with Crippen LogP contribution in [0.15, 0.2) is 29.0 Å². The Morgan fingerprint density at radius 3 is 2.45 bits per heavy atom. The van der Waals surface area contributed by atoms with Crippen molar-refractivity contribution in [3.8, 4) is 5.75 Å². The summed E-state index contributed by atoms with van der Waals surface area (Å²) in [5, 5.41) is 7.16. The van der Waals surface area contributed by atoms with Crippen LogP contribution in [-0.2, 0) is 0 Å². The topological polar surface area (TPSA) is 24.5 Å². The van der Waals surface area contributed by atoms with Gasteiger partial charge < -0.3 is 10.1 Å². The Hall–Kier alpha value is -1.50. The molecule has 0 aliphatic carbocycles. The molecule has 0 radical (unpaired) electrons. The second-order valence-corrected chi connectivity index (χ2v) is 6.03. The van der Waals surface area contributed by atoms with E-state index in [0.29, 0.717) is 0 Å². The molecule has 1 atom stereocenters. The summed E-state index contributed by atoms with van der Waals surface area (Å²) in [5.74, 6) is -0.929. The van der Waals surface area contributed by atoms with E-state index in [1.54, 1.807) is 0 Å². The predicted octanol–water partition coefficient (Wildman–Crippen LogP) is 3.03. The highest BCUT2D eigenvalue weighted by atomic mass is 32.1. The second-order valence-electron chi connectivity index (χ2n) is 5.25. The Labute approximate surface area is 132 Å². The lowest BCUT2D eigenvalue weighted by Crippen LogP contribution is -2.45. The first kappa shape index (κ1) is 15.4. The number of thiophene rings is 1. The number of nitrogens with one attached hydrogen (secondary N) is 1. The zero-order valence-corrected chi connectivity index (χ0v) is 13.1. The number of piperazine rings is 1. The standard InChI is InChI=1S/C16H18F2N2OS/c1-21-12-8-13(17)15(14(18)9-12)16(11-2-7-22-10-11)20-5-3-19-4-6-20/h2,7-10,16,19H,3-6H2,1H3/t16-/m0/s1. The molecule has 2 heterocycles. The highest BCUT2D eigenvalue weighted by Gasteiger charge is 2.29. The first-order valence-corrected chi connectivity index (χ1v) is 8.15. The van der Waals surface area contributed by atoms with E-state index < -0.39 is 17.7 Å². The summed E-state index contributed by atoms with van der Waals surface area (Å²) in [5.41, 5.74) is 1.02. The van der Waals surface area contributed by atoms with Gasteiger partial charge in [-0.15, -0.1) is 0 Å². The maximum Gasteiger partial charge on any atom is 0.134 e. The molecule has 2 aromatic rings. The van der Waals surface area contributed by atoms with E-state index in [0.717, 1.165) is 31.7 Å². The maximum atomic E-state index is 14.5. The van der Waals surface area contributed by atoms with Crippen molar-refractivity contribution in [1.82, 2.24) is 10.2 Å². The van der Waals surface area contributed by atoms with Crippen LogP contribution < -0.4 is 10.1 Å². The number of benzene rings is 1. The summed E-state index contributed by atoms with van der Waals surface area (Å²) < 4.78 is 34.0.